The second kappa shape index (κ2) is 7.43. The molecule has 0 saturated heterocycles. The van der Waals surface area contributed by atoms with Gasteiger partial charge in [-0.3, -0.25) is 24.3 Å². The molecule has 1 unspecified atom stereocenters. The molecule has 1 N–H and O–H groups in total. The van der Waals surface area contributed by atoms with Crippen LogP contribution in [0.2, 0.25) is 5.02 Å². The van der Waals surface area contributed by atoms with E-state index in [1.54, 1.807) is 6.92 Å². The molecule has 1 atom stereocenters. The average Bonchev–Trinajstić information content (AvgIpc) is 3.12. The molecule has 0 saturated carbocycles. The number of rotatable bonds is 7. The minimum absolute atomic E-state index is 0.143. The summed E-state index contributed by atoms with van der Waals surface area (Å²) in [6.07, 6.45) is 3.05. The maximum absolute atomic E-state index is 12.1. The van der Waals surface area contributed by atoms with Crippen molar-refractivity contribution in [3.05, 3.63) is 38.9 Å². The first-order valence-electron chi connectivity index (χ1n) is 7.47. The van der Waals surface area contributed by atoms with Crippen molar-refractivity contribution in [2.75, 3.05) is 6.54 Å². The Kier molecular flexibility index (Phi) is 5.55. The molecule has 0 fully saturated rings. The van der Waals surface area contributed by atoms with E-state index in [-0.39, 0.29) is 11.6 Å². The molecule has 0 aliphatic heterocycles. The van der Waals surface area contributed by atoms with Gasteiger partial charge >= 0.3 is 5.69 Å². The summed E-state index contributed by atoms with van der Waals surface area (Å²) in [5.41, 5.74) is 1.54. The smallest absolute Gasteiger partial charge is 0.307 e. The van der Waals surface area contributed by atoms with Crippen molar-refractivity contribution in [1.82, 2.24) is 24.9 Å². The summed E-state index contributed by atoms with van der Waals surface area (Å²) in [7, 11) is 0. The third-order valence-electron chi connectivity index (χ3n) is 3.71. The zero-order valence-corrected chi connectivity index (χ0v) is 14.4. The van der Waals surface area contributed by atoms with E-state index in [1.165, 1.54) is 10.9 Å². The quantitative estimate of drug-likeness (QED) is 0.465. The van der Waals surface area contributed by atoms with E-state index in [9.17, 15) is 14.9 Å². The number of nitrogens with zero attached hydrogens (tertiary/aromatic N) is 5. The molecule has 2 rings (SSSR count). The predicted molar refractivity (Wildman–Crippen MR) is 87.9 cm³/mol. The summed E-state index contributed by atoms with van der Waals surface area (Å²) >= 11 is 6.08. The van der Waals surface area contributed by atoms with Gasteiger partial charge in [-0.15, -0.1) is 0 Å². The van der Waals surface area contributed by atoms with E-state index in [1.807, 2.05) is 18.5 Å². The maximum Gasteiger partial charge on any atom is 0.307 e. The topological polar surface area (TPSA) is 108 Å². The van der Waals surface area contributed by atoms with E-state index >= 15 is 0 Å². The third-order valence-corrected chi connectivity index (χ3v) is 4.26. The largest absolute Gasteiger partial charge is 0.354 e. The minimum atomic E-state index is -0.623. The second-order valence-corrected chi connectivity index (χ2v) is 5.84. The number of aromatic nitrogens is 4. The normalized spacial score (nSPS) is 12.2. The number of halogens is 1. The molecule has 2 heterocycles. The lowest BCUT2D eigenvalue weighted by molar-refractivity contribution is -0.385. The molecule has 10 heteroatoms. The van der Waals surface area contributed by atoms with Crippen LogP contribution in [0.3, 0.4) is 0 Å². The van der Waals surface area contributed by atoms with Crippen LogP contribution in [0, 0.1) is 24.0 Å². The first-order chi connectivity index (χ1) is 11.3. The molecule has 0 aliphatic rings. The molecular weight excluding hydrogens is 336 g/mol. The molecule has 130 valence electrons. The van der Waals surface area contributed by atoms with Crippen molar-refractivity contribution in [3.8, 4) is 0 Å². The van der Waals surface area contributed by atoms with Crippen molar-refractivity contribution >= 4 is 23.2 Å². The standard InChI is InChI=1S/C14H19ClN6O3/c1-9-13(15)10(2)19(18-9)6-4-5-16-14(22)11(3)20-8-12(7-17-20)21(23)24/h7-8,11H,4-6H2,1-3H3,(H,16,22). The Balaban J connectivity index is 1.82. The lowest BCUT2D eigenvalue weighted by atomic mass is 10.3. The fraction of sp³-hybridized carbons (Fsp3) is 0.500. The number of carbonyl (C=O) groups is 1. The van der Waals surface area contributed by atoms with Crippen molar-refractivity contribution in [2.45, 2.75) is 39.8 Å². The number of hydrogen-bond acceptors (Lipinski definition) is 5. The fourth-order valence-electron chi connectivity index (χ4n) is 2.24. The molecular formula is C14H19ClN6O3. The summed E-state index contributed by atoms with van der Waals surface area (Å²) in [6, 6.07) is -0.623. The van der Waals surface area contributed by atoms with E-state index in [0.717, 1.165) is 17.6 Å². The van der Waals surface area contributed by atoms with Gasteiger partial charge in [0.15, 0.2) is 0 Å². The maximum atomic E-state index is 12.1. The van der Waals surface area contributed by atoms with Crippen molar-refractivity contribution in [2.24, 2.45) is 0 Å². The Morgan fingerprint density at radius 1 is 1.50 bits per heavy atom. The van der Waals surface area contributed by atoms with Crippen molar-refractivity contribution in [1.29, 1.82) is 0 Å². The first kappa shape index (κ1) is 17.9. The number of nitrogens with one attached hydrogen (secondary N) is 1. The average molecular weight is 355 g/mol. The molecule has 2 aromatic heterocycles. The first-order valence-corrected chi connectivity index (χ1v) is 7.84. The molecule has 0 aliphatic carbocycles. The summed E-state index contributed by atoms with van der Waals surface area (Å²) in [5, 5.41) is 22.3. The third kappa shape index (κ3) is 3.91. The van der Waals surface area contributed by atoms with Crippen LogP contribution >= 0.6 is 11.6 Å². The van der Waals surface area contributed by atoms with Gasteiger partial charge in [-0.25, -0.2) is 0 Å². The van der Waals surface area contributed by atoms with Gasteiger partial charge in [0.2, 0.25) is 5.91 Å². The van der Waals surface area contributed by atoms with Crippen LogP contribution in [0.15, 0.2) is 12.4 Å². The Labute approximate surface area is 143 Å². The lowest BCUT2D eigenvalue weighted by Crippen LogP contribution is -2.32. The number of aryl methyl sites for hydroxylation is 2. The van der Waals surface area contributed by atoms with Gasteiger partial charge in [0.25, 0.3) is 0 Å². The Hall–Kier alpha value is -2.42. The summed E-state index contributed by atoms with van der Waals surface area (Å²) in [5.74, 6) is -0.251. The number of carbonyl (C=O) groups excluding carboxylic acids is 1. The molecule has 0 aromatic carbocycles. The van der Waals surface area contributed by atoms with Crippen molar-refractivity contribution < 1.29 is 9.72 Å². The zero-order valence-electron chi connectivity index (χ0n) is 13.7. The molecule has 2 aromatic rings. The molecule has 0 radical (unpaired) electrons. The van der Waals surface area contributed by atoms with Gasteiger partial charge in [-0.05, 0) is 27.2 Å². The molecule has 9 nitrogen and oxygen atoms in total. The summed E-state index contributed by atoms with van der Waals surface area (Å²) in [6.45, 7) is 6.48. The van der Waals surface area contributed by atoms with E-state index < -0.39 is 11.0 Å². The van der Waals surface area contributed by atoms with Crippen LogP contribution in [-0.4, -0.2) is 36.9 Å². The second-order valence-electron chi connectivity index (χ2n) is 5.46. The predicted octanol–water partition coefficient (Wildman–Crippen LogP) is 2.03. The van der Waals surface area contributed by atoms with Crippen LogP contribution in [-0.2, 0) is 11.3 Å². The molecule has 24 heavy (non-hydrogen) atoms. The van der Waals surface area contributed by atoms with Crippen LogP contribution in [0.1, 0.15) is 30.8 Å². The van der Waals surface area contributed by atoms with Gasteiger partial charge in [-0.2, -0.15) is 10.2 Å². The molecule has 1 amide bonds. The number of hydrogen-bond donors (Lipinski definition) is 1. The van der Waals surface area contributed by atoms with Gasteiger partial charge in [0.05, 0.1) is 21.3 Å². The fourth-order valence-corrected chi connectivity index (χ4v) is 2.37. The van der Waals surface area contributed by atoms with Gasteiger partial charge < -0.3 is 5.32 Å². The zero-order chi connectivity index (χ0) is 17.9. The highest BCUT2D eigenvalue weighted by Crippen LogP contribution is 2.19. The summed E-state index contributed by atoms with van der Waals surface area (Å²) < 4.78 is 3.08. The Bertz CT molecular complexity index is 754. The summed E-state index contributed by atoms with van der Waals surface area (Å²) in [4.78, 5) is 22.2. The highest BCUT2D eigenvalue weighted by molar-refractivity contribution is 6.31. The SMILES string of the molecule is Cc1nn(CCCNC(=O)C(C)n2cc([N+](=O)[O-])cn2)c(C)c1Cl. The Morgan fingerprint density at radius 2 is 2.21 bits per heavy atom. The van der Waals surface area contributed by atoms with Gasteiger partial charge in [0, 0.05) is 13.1 Å². The van der Waals surface area contributed by atoms with Crippen LogP contribution in [0.5, 0.6) is 0 Å². The molecule has 0 bridgehead atoms. The lowest BCUT2D eigenvalue weighted by Gasteiger charge is -2.12. The highest BCUT2D eigenvalue weighted by atomic mass is 35.5. The minimum Gasteiger partial charge on any atom is -0.354 e. The monoisotopic (exact) mass is 354 g/mol. The van der Waals surface area contributed by atoms with E-state index in [4.69, 9.17) is 11.6 Å². The van der Waals surface area contributed by atoms with Crippen LogP contribution in [0.4, 0.5) is 5.69 Å². The van der Waals surface area contributed by atoms with Crippen LogP contribution < -0.4 is 5.32 Å². The van der Waals surface area contributed by atoms with Crippen molar-refractivity contribution in [3.63, 3.8) is 0 Å². The number of nitro groups is 1. The van der Waals surface area contributed by atoms with Gasteiger partial charge in [0.1, 0.15) is 18.4 Å². The van der Waals surface area contributed by atoms with E-state index in [2.05, 4.69) is 15.5 Å². The van der Waals surface area contributed by atoms with Gasteiger partial charge in [-0.1, -0.05) is 11.6 Å². The highest BCUT2D eigenvalue weighted by Gasteiger charge is 2.18. The van der Waals surface area contributed by atoms with E-state index in [0.29, 0.717) is 24.5 Å². The number of amides is 1. The molecule has 0 spiro atoms. The Morgan fingerprint density at radius 3 is 2.75 bits per heavy atom. The van der Waals surface area contributed by atoms with Crippen LogP contribution in [0.25, 0.3) is 0 Å².